The average Bonchev–Trinajstić information content (AvgIpc) is 3.51. The molecule has 1 N–H and O–H groups in total. The number of aryl methyl sites for hydroxylation is 2. The monoisotopic (exact) mass is 615 g/mol. The summed E-state index contributed by atoms with van der Waals surface area (Å²) in [6, 6.07) is 4.24. The lowest BCUT2D eigenvalue weighted by Gasteiger charge is -2.41. The maximum Gasteiger partial charge on any atom is 0.253 e. The molecule has 3 fully saturated rings. The van der Waals surface area contributed by atoms with Crippen molar-refractivity contribution in [3.05, 3.63) is 54.6 Å². The SMILES string of the molecule is C=CCN(C)C(=O)[C@H]1[C@@H]2OC3(CC2Br)C(C(=O)N(CC=C)c2c(C)cccc2C)N([C@@H](CO)[C@@H](C)CC)C(=O)[C@H]13. The van der Waals surface area contributed by atoms with Crippen LogP contribution in [0.2, 0.25) is 0 Å². The molecule has 2 bridgehead atoms. The fraction of sp³-hybridized carbons (Fsp3) is 0.581. The number of aliphatic hydroxyl groups excluding tert-OH is 1. The summed E-state index contributed by atoms with van der Waals surface area (Å²) in [6.07, 6.45) is 3.88. The number of nitrogens with zero attached hydrogens (tertiary/aromatic N) is 3. The van der Waals surface area contributed by atoms with Gasteiger partial charge >= 0.3 is 0 Å². The number of alkyl halides is 1. The van der Waals surface area contributed by atoms with Gasteiger partial charge in [0.05, 0.1) is 30.6 Å². The van der Waals surface area contributed by atoms with E-state index in [-0.39, 0.29) is 41.6 Å². The molecule has 0 aliphatic carbocycles. The van der Waals surface area contributed by atoms with E-state index in [2.05, 4.69) is 29.1 Å². The highest BCUT2D eigenvalue weighted by Crippen LogP contribution is 2.61. The molecule has 4 rings (SSSR count). The molecule has 3 amide bonds. The van der Waals surface area contributed by atoms with Crippen LogP contribution in [0.25, 0.3) is 0 Å². The van der Waals surface area contributed by atoms with Gasteiger partial charge in [0.1, 0.15) is 11.6 Å². The molecule has 9 heteroatoms. The van der Waals surface area contributed by atoms with Gasteiger partial charge in [0, 0.05) is 30.7 Å². The molecule has 3 aliphatic rings. The van der Waals surface area contributed by atoms with Gasteiger partial charge in [-0.25, -0.2) is 0 Å². The summed E-state index contributed by atoms with van der Waals surface area (Å²) in [5.74, 6) is -2.46. The summed E-state index contributed by atoms with van der Waals surface area (Å²) >= 11 is 3.74. The van der Waals surface area contributed by atoms with E-state index in [1.807, 2.05) is 45.9 Å². The lowest BCUT2D eigenvalue weighted by Crippen LogP contribution is -2.60. The van der Waals surface area contributed by atoms with Crippen molar-refractivity contribution in [3.8, 4) is 0 Å². The van der Waals surface area contributed by atoms with E-state index < -0.39 is 35.6 Å². The zero-order valence-electron chi connectivity index (χ0n) is 24.2. The number of aliphatic hydroxyl groups is 1. The number of carbonyl (C=O) groups excluding carboxylic acids is 3. The molecule has 1 spiro atoms. The number of amides is 3. The number of likely N-dealkylation sites (N-methyl/N-ethyl adjacent to an activating group) is 1. The van der Waals surface area contributed by atoms with Gasteiger partial charge in [0.15, 0.2) is 0 Å². The van der Waals surface area contributed by atoms with E-state index in [1.54, 1.807) is 33.9 Å². The quantitative estimate of drug-likeness (QED) is 0.303. The number of rotatable bonds is 11. The molecule has 0 saturated carbocycles. The fourth-order valence-electron chi connectivity index (χ4n) is 7.14. The predicted octanol–water partition coefficient (Wildman–Crippen LogP) is 3.62. The van der Waals surface area contributed by atoms with Crippen molar-refractivity contribution in [3.63, 3.8) is 0 Å². The van der Waals surface area contributed by atoms with Crippen molar-refractivity contribution in [2.45, 2.75) is 69.2 Å². The minimum absolute atomic E-state index is 0.0814. The Morgan fingerprint density at radius 1 is 1.23 bits per heavy atom. The van der Waals surface area contributed by atoms with Crippen LogP contribution in [-0.2, 0) is 19.1 Å². The molecule has 0 aromatic heterocycles. The van der Waals surface area contributed by atoms with E-state index in [9.17, 15) is 19.5 Å². The average molecular weight is 617 g/mol. The molecular weight excluding hydrogens is 574 g/mol. The number of carbonyl (C=O) groups is 3. The number of likely N-dealkylation sites (tertiary alicyclic amines) is 1. The maximum absolute atomic E-state index is 14.9. The number of benzene rings is 1. The first-order chi connectivity index (χ1) is 19.0. The molecule has 218 valence electrons. The first-order valence-electron chi connectivity index (χ1n) is 14.1. The van der Waals surface area contributed by atoms with Crippen LogP contribution in [-0.4, -0.2) is 88.0 Å². The maximum atomic E-state index is 14.9. The highest BCUT2D eigenvalue weighted by Gasteiger charge is 2.77. The number of para-hydroxylation sites is 1. The Morgan fingerprint density at radius 2 is 1.85 bits per heavy atom. The summed E-state index contributed by atoms with van der Waals surface area (Å²) < 4.78 is 6.69. The zero-order valence-corrected chi connectivity index (χ0v) is 25.8. The Bertz CT molecular complexity index is 1170. The molecule has 8 nitrogen and oxygen atoms in total. The van der Waals surface area contributed by atoms with Crippen molar-refractivity contribution in [2.24, 2.45) is 17.8 Å². The van der Waals surface area contributed by atoms with Gasteiger partial charge in [0.25, 0.3) is 5.91 Å². The Morgan fingerprint density at radius 3 is 2.40 bits per heavy atom. The third-order valence-corrected chi connectivity index (χ3v) is 10.0. The van der Waals surface area contributed by atoms with Crippen LogP contribution in [0.1, 0.15) is 37.8 Å². The molecule has 1 aromatic rings. The zero-order chi connectivity index (χ0) is 29.5. The first-order valence-corrected chi connectivity index (χ1v) is 15.0. The molecule has 3 unspecified atom stereocenters. The predicted molar refractivity (Wildman–Crippen MR) is 159 cm³/mol. The van der Waals surface area contributed by atoms with Crippen LogP contribution in [0.4, 0.5) is 5.69 Å². The largest absolute Gasteiger partial charge is 0.394 e. The topological polar surface area (TPSA) is 90.4 Å². The summed E-state index contributed by atoms with van der Waals surface area (Å²) in [5.41, 5.74) is 1.41. The van der Waals surface area contributed by atoms with Gasteiger partial charge in [-0.15, -0.1) is 13.2 Å². The highest BCUT2D eigenvalue weighted by molar-refractivity contribution is 9.09. The van der Waals surface area contributed by atoms with E-state index in [0.29, 0.717) is 19.4 Å². The minimum Gasteiger partial charge on any atom is -0.394 e. The van der Waals surface area contributed by atoms with E-state index in [4.69, 9.17) is 4.74 Å². The standard InChI is InChI=1S/C31H42BrN3O5/c1-8-14-33(7)28(37)23-24-29(38)35(22(17-36)18(4)10-3)27(31(24)16-21(32)26(23)40-31)30(39)34(15-9-2)25-19(5)12-11-13-20(25)6/h8-9,11-13,18,21-24,26-27,36H,1-2,10,14-17H2,3-7H3/t18-,21?,22-,23+,24-,26+,27?,31?/m0/s1. The Labute approximate surface area is 246 Å². The molecule has 3 heterocycles. The van der Waals surface area contributed by atoms with Gasteiger partial charge in [-0.2, -0.15) is 0 Å². The summed E-state index contributed by atoms with van der Waals surface area (Å²) in [6.45, 7) is 15.8. The fourth-order valence-corrected chi connectivity index (χ4v) is 8.08. The lowest BCUT2D eigenvalue weighted by atomic mass is 9.70. The smallest absolute Gasteiger partial charge is 0.253 e. The van der Waals surface area contributed by atoms with Gasteiger partial charge in [-0.3, -0.25) is 14.4 Å². The normalized spacial score (nSPS) is 30.1. The van der Waals surface area contributed by atoms with Crippen LogP contribution in [0, 0.1) is 31.6 Å². The second-order valence-corrected chi connectivity index (χ2v) is 12.7. The number of halogens is 1. The van der Waals surface area contributed by atoms with Crippen LogP contribution in [0.3, 0.4) is 0 Å². The van der Waals surface area contributed by atoms with Crippen molar-refractivity contribution in [2.75, 3.05) is 31.6 Å². The molecule has 1 aromatic carbocycles. The Balaban J connectivity index is 1.90. The third kappa shape index (κ3) is 4.64. The van der Waals surface area contributed by atoms with Crippen molar-refractivity contribution >= 4 is 39.3 Å². The number of fused-ring (bicyclic) bond motifs is 1. The molecule has 3 aliphatic heterocycles. The van der Waals surface area contributed by atoms with Crippen LogP contribution in [0.5, 0.6) is 0 Å². The number of hydrogen-bond donors (Lipinski definition) is 1. The van der Waals surface area contributed by atoms with Crippen molar-refractivity contribution in [1.82, 2.24) is 9.80 Å². The first kappa shape index (κ1) is 30.5. The molecular formula is C31H42BrN3O5. The van der Waals surface area contributed by atoms with E-state index in [1.165, 1.54) is 0 Å². The summed E-state index contributed by atoms with van der Waals surface area (Å²) in [7, 11) is 1.69. The van der Waals surface area contributed by atoms with E-state index >= 15 is 0 Å². The van der Waals surface area contributed by atoms with Crippen LogP contribution < -0.4 is 4.90 Å². The molecule has 40 heavy (non-hydrogen) atoms. The Kier molecular flexibility index (Phi) is 8.97. The summed E-state index contributed by atoms with van der Waals surface area (Å²) in [4.78, 5) is 47.7. The molecule has 0 radical (unpaired) electrons. The second kappa shape index (κ2) is 11.8. The lowest BCUT2D eigenvalue weighted by molar-refractivity contribution is -0.147. The minimum atomic E-state index is -1.21. The molecule has 8 atom stereocenters. The third-order valence-electron chi connectivity index (χ3n) is 9.16. The van der Waals surface area contributed by atoms with Crippen molar-refractivity contribution < 1.29 is 24.2 Å². The van der Waals surface area contributed by atoms with Crippen LogP contribution >= 0.6 is 15.9 Å². The van der Waals surface area contributed by atoms with Gasteiger partial charge < -0.3 is 24.5 Å². The summed E-state index contributed by atoms with van der Waals surface area (Å²) in [5, 5.41) is 10.6. The number of ether oxygens (including phenoxy) is 1. The number of anilines is 1. The van der Waals surface area contributed by atoms with Gasteiger partial charge in [0.2, 0.25) is 11.8 Å². The Hall–Kier alpha value is -2.49. The highest BCUT2D eigenvalue weighted by atomic mass is 79.9. The van der Waals surface area contributed by atoms with Gasteiger partial charge in [-0.1, -0.05) is 66.5 Å². The molecule has 3 saturated heterocycles. The number of hydrogen-bond acceptors (Lipinski definition) is 5. The van der Waals surface area contributed by atoms with Crippen molar-refractivity contribution in [1.29, 1.82) is 0 Å². The second-order valence-electron chi connectivity index (χ2n) is 11.5. The van der Waals surface area contributed by atoms with Gasteiger partial charge in [-0.05, 0) is 37.3 Å². The van der Waals surface area contributed by atoms with Crippen LogP contribution in [0.15, 0.2) is 43.5 Å². The van der Waals surface area contributed by atoms with E-state index in [0.717, 1.165) is 16.8 Å².